The number of ether oxygens (including phenoxy) is 1. The molecule has 0 spiro atoms. The molecule has 28 heavy (non-hydrogen) atoms. The summed E-state index contributed by atoms with van der Waals surface area (Å²) in [5.74, 6) is 0.492. The van der Waals surface area contributed by atoms with E-state index in [0.29, 0.717) is 23.9 Å². The Kier molecular flexibility index (Phi) is 6.71. The molecule has 3 rings (SSSR count). The number of rotatable bonds is 6. The highest BCUT2D eigenvalue weighted by atomic mass is 32.2. The number of aliphatic imine (C=N–C) groups is 1. The van der Waals surface area contributed by atoms with E-state index in [1.807, 2.05) is 61.5 Å². The van der Waals surface area contributed by atoms with E-state index in [4.69, 9.17) is 4.74 Å². The third-order valence-corrected chi connectivity index (χ3v) is 5.45. The third kappa shape index (κ3) is 4.92. The predicted molar refractivity (Wildman–Crippen MR) is 112 cm³/mol. The number of nitrogens with one attached hydrogen (secondary N) is 1. The van der Waals surface area contributed by atoms with Crippen LogP contribution in [0.25, 0.3) is 0 Å². The van der Waals surface area contributed by atoms with Gasteiger partial charge in [-0.15, -0.1) is 0 Å². The van der Waals surface area contributed by atoms with E-state index >= 15 is 0 Å². The Morgan fingerprint density at radius 3 is 2.57 bits per heavy atom. The van der Waals surface area contributed by atoms with Crippen molar-refractivity contribution in [1.29, 1.82) is 0 Å². The van der Waals surface area contributed by atoms with Crippen LogP contribution < -0.4 is 10.1 Å². The van der Waals surface area contributed by atoms with Gasteiger partial charge in [-0.2, -0.15) is 0 Å². The van der Waals surface area contributed by atoms with E-state index in [-0.39, 0.29) is 18.2 Å². The zero-order valence-electron chi connectivity index (χ0n) is 15.9. The quantitative estimate of drug-likeness (QED) is 0.811. The predicted octanol–water partition coefficient (Wildman–Crippen LogP) is 3.35. The lowest BCUT2D eigenvalue weighted by Gasteiger charge is -2.31. The molecule has 1 fully saturated rings. The second kappa shape index (κ2) is 9.41. The summed E-state index contributed by atoms with van der Waals surface area (Å²) in [5.41, 5.74) is 1.71. The van der Waals surface area contributed by atoms with E-state index < -0.39 is 5.25 Å². The van der Waals surface area contributed by atoms with Crippen LogP contribution in [-0.4, -0.2) is 40.8 Å². The summed E-state index contributed by atoms with van der Waals surface area (Å²) in [7, 11) is 1.61. The minimum absolute atomic E-state index is 0.105. The summed E-state index contributed by atoms with van der Waals surface area (Å²) < 4.78 is 5.18. The van der Waals surface area contributed by atoms with Gasteiger partial charge in [0.15, 0.2) is 5.17 Å². The van der Waals surface area contributed by atoms with Gasteiger partial charge < -0.3 is 10.1 Å². The maximum atomic E-state index is 12.9. The fourth-order valence-corrected chi connectivity index (χ4v) is 3.94. The van der Waals surface area contributed by atoms with Gasteiger partial charge in [-0.25, -0.2) is 4.99 Å². The monoisotopic (exact) mass is 397 g/mol. The fraction of sp³-hybridized carbons (Fsp3) is 0.286. The normalized spacial score (nSPS) is 18.2. The number of nitrogens with zero attached hydrogens (tertiary/aromatic N) is 2. The molecule has 1 atom stereocenters. The smallest absolute Gasteiger partial charge is 0.234 e. The Bertz CT molecular complexity index is 853. The topological polar surface area (TPSA) is 71.0 Å². The second-order valence-electron chi connectivity index (χ2n) is 6.26. The number of methoxy groups -OCH3 is 1. The lowest BCUT2D eigenvalue weighted by molar-refractivity contribution is -0.130. The molecule has 0 saturated carbocycles. The molecule has 1 heterocycles. The van der Waals surface area contributed by atoms with Crippen LogP contribution in [0, 0.1) is 0 Å². The molecular weight excluding hydrogens is 374 g/mol. The number of amides is 2. The van der Waals surface area contributed by atoms with Gasteiger partial charge >= 0.3 is 0 Å². The number of hydrogen-bond acceptors (Lipinski definition) is 5. The lowest BCUT2D eigenvalue weighted by Crippen LogP contribution is -2.46. The summed E-state index contributed by atoms with van der Waals surface area (Å²) in [5, 5.41) is 2.85. The van der Waals surface area contributed by atoms with E-state index in [1.54, 1.807) is 12.0 Å². The van der Waals surface area contributed by atoms with Crippen molar-refractivity contribution < 1.29 is 14.3 Å². The molecule has 1 unspecified atom stereocenters. The molecule has 1 N–H and O–H groups in total. The maximum Gasteiger partial charge on any atom is 0.234 e. The Hall–Kier alpha value is -2.80. The number of carbonyl (C=O) groups is 2. The van der Waals surface area contributed by atoms with Gasteiger partial charge in [0.05, 0.1) is 24.6 Å². The van der Waals surface area contributed by atoms with Crippen LogP contribution >= 0.6 is 11.8 Å². The first-order valence-corrected chi connectivity index (χ1v) is 10.00. The van der Waals surface area contributed by atoms with Crippen molar-refractivity contribution in [3.63, 3.8) is 0 Å². The van der Waals surface area contributed by atoms with Crippen LogP contribution in [0.4, 0.5) is 5.69 Å². The maximum absolute atomic E-state index is 12.9. The molecule has 6 nitrogen and oxygen atoms in total. The highest BCUT2D eigenvalue weighted by molar-refractivity contribution is 8.15. The first-order chi connectivity index (χ1) is 13.6. The summed E-state index contributed by atoms with van der Waals surface area (Å²) in [6.45, 7) is 2.81. The molecule has 1 saturated heterocycles. The number of benzene rings is 2. The van der Waals surface area contributed by atoms with Crippen molar-refractivity contribution in [2.45, 2.75) is 25.1 Å². The summed E-state index contributed by atoms with van der Waals surface area (Å²) in [4.78, 5) is 31.5. The fourth-order valence-electron chi connectivity index (χ4n) is 2.82. The van der Waals surface area contributed by atoms with Gasteiger partial charge in [-0.05, 0) is 36.8 Å². The van der Waals surface area contributed by atoms with Crippen LogP contribution in [0.5, 0.6) is 5.75 Å². The standard InChI is InChI=1S/C21H23N3O3S/c1-3-22-20(26)18-13-19(25)24(14-15-7-5-4-6-8-15)21(28-18)23-16-9-11-17(27-2)12-10-16/h4-12,18H,3,13-14H2,1-2H3,(H,22,26). The molecule has 2 aromatic rings. The van der Waals surface area contributed by atoms with Crippen molar-refractivity contribution in [2.75, 3.05) is 13.7 Å². The molecule has 1 aliphatic rings. The molecule has 2 amide bonds. The largest absolute Gasteiger partial charge is 0.497 e. The SMILES string of the molecule is CCNC(=O)C1CC(=O)N(Cc2ccccc2)C(=Nc2ccc(OC)cc2)S1. The van der Waals surface area contributed by atoms with Gasteiger partial charge in [0.1, 0.15) is 5.75 Å². The van der Waals surface area contributed by atoms with Crippen molar-refractivity contribution >= 4 is 34.4 Å². The highest BCUT2D eigenvalue weighted by Crippen LogP contribution is 2.30. The van der Waals surface area contributed by atoms with E-state index in [9.17, 15) is 9.59 Å². The minimum Gasteiger partial charge on any atom is -0.497 e. The first-order valence-electron chi connectivity index (χ1n) is 9.12. The van der Waals surface area contributed by atoms with Gasteiger partial charge in [0.25, 0.3) is 0 Å². The highest BCUT2D eigenvalue weighted by Gasteiger charge is 2.35. The van der Waals surface area contributed by atoms with Gasteiger partial charge in [-0.1, -0.05) is 42.1 Å². The van der Waals surface area contributed by atoms with Gasteiger partial charge in [0.2, 0.25) is 11.8 Å². The van der Waals surface area contributed by atoms with Crippen LogP contribution in [0.15, 0.2) is 59.6 Å². The Morgan fingerprint density at radius 2 is 1.93 bits per heavy atom. The molecule has 0 radical (unpaired) electrons. The summed E-state index contributed by atoms with van der Waals surface area (Å²) >= 11 is 1.33. The number of carbonyl (C=O) groups excluding carboxylic acids is 2. The van der Waals surface area contributed by atoms with Crippen LogP contribution in [-0.2, 0) is 16.1 Å². The van der Waals surface area contributed by atoms with Gasteiger partial charge in [0, 0.05) is 13.0 Å². The van der Waals surface area contributed by atoms with Crippen molar-refractivity contribution in [3.05, 3.63) is 60.2 Å². The molecule has 1 aliphatic heterocycles. The average molecular weight is 398 g/mol. The van der Waals surface area contributed by atoms with Crippen molar-refractivity contribution in [3.8, 4) is 5.75 Å². The van der Waals surface area contributed by atoms with Crippen LogP contribution in [0.2, 0.25) is 0 Å². The zero-order chi connectivity index (χ0) is 19.9. The molecule has 0 bridgehead atoms. The van der Waals surface area contributed by atoms with Crippen molar-refractivity contribution in [1.82, 2.24) is 10.2 Å². The van der Waals surface area contributed by atoms with Crippen molar-refractivity contribution in [2.24, 2.45) is 4.99 Å². The Labute approximate surface area is 169 Å². The van der Waals surface area contributed by atoms with Crippen LogP contribution in [0.3, 0.4) is 0 Å². The Morgan fingerprint density at radius 1 is 1.21 bits per heavy atom. The third-order valence-electron chi connectivity index (χ3n) is 4.26. The molecule has 2 aromatic carbocycles. The molecular formula is C21H23N3O3S. The molecule has 0 aliphatic carbocycles. The summed E-state index contributed by atoms with van der Waals surface area (Å²) in [6, 6.07) is 17.0. The molecule has 7 heteroatoms. The van der Waals surface area contributed by atoms with E-state index in [0.717, 1.165) is 11.3 Å². The van der Waals surface area contributed by atoms with Crippen LogP contribution in [0.1, 0.15) is 18.9 Å². The summed E-state index contributed by atoms with van der Waals surface area (Å²) in [6.07, 6.45) is 0.158. The van der Waals surface area contributed by atoms with Gasteiger partial charge in [-0.3, -0.25) is 14.5 Å². The second-order valence-corrected chi connectivity index (χ2v) is 7.43. The number of hydrogen-bond donors (Lipinski definition) is 1. The Balaban J connectivity index is 1.90. The lowest BCUT2D eigenvalue weighted by atomic mass is 10.2. The van der Waals surface area contributed by atoms with E-state index in [2.05, 4.69) is 10.3 Å². The molecule has 146 valence electrons. The zero-order valence-corrected chi connectivity index (χ0v) is 16.7. The number of thioether (sulfide) groups is 1. The average Bonchev–Trinajstić information content (AvgIpc) is 2.72. The number of amidine groups is 1. The molecule has 0 aromatic heterocycles. The minimum atomic E-state index is -0.475. The first kappa shape index (κ1) is 19.9. The van der Waals surface area contributed by atoms with E-state index in [1.165, 1.54) is 11.8 Å².